The van der Waals surface area contributed by atoms with E-state index in [1.807, 2.05) is 16.7 Å². The fourth-order valence-corrected chi connectivity index (χ4v) is 3.53. The number of phenols is 1. The molecule has 1 aromatic rings. The molecule has 1 aliphatic rings. The van der Waals surface area contributed by atoms with E-state index in [4.69, 9.17) is 0 Å². The molecule has 0 radical (unpaired) electrons. The third kappa shape index (κ3) is 3.66. The van der Waals surface area contributed by atoms with Crippen LogP contribution in [0.25, 0.3) is 0 Å². The summed E-state index contributed by atoms with van der Waals surface area (Å²) in [6.07, 6.45) is 0.973. The van der Waals surface area contributed by atoms with Crippen molar-refractivity contribution >= 4 is 33.6 Å². The normalized spacial score (nSPS) is 19.0. The molecule has 0 atom stereocenters. The van der Waals surface area contributed by atoms with Gasteiger partial charge in [-0.3, -0.25) is 4.79 Å². The van der Waals surface area contributed by atoms with E-state index in [0.29, 0.717) is 5.56 Å². The molecule has 0 bridgehead atoms. The number of carbonyl (C=O) groups excluding carboxylic acids is 1. The zero-order chi connectivity index (χ0) is 14.0. The van der Waals surface area contributed by atoms with E-state index in [9.17, 15) is 9.90 Å². The number of nitrogens with zero attached hydrogens (tertiary/aromatic N) is 1. The van der Waals surface area contributed by atoms with Crippen LogP contribution < -0.4 is 0 Å². The number of carbonyl (C=O) groups is 1. The monoisotopic (exact) mass is 343 g/mol. The lowest BCUT2D eigenvalue weighted by Gasteiger charge is -2.23. The summed E-state index contributed by atoms with van der Waals surface area (Å²) in [6.45, 7) is 5.91. The van der Waals surface area contributed by atoms with Gasteiger partial charge in [-0.1, -0.05) is 29.8 Å². The molecule has 1 amide bonds. The Hall–Kier alpha value is -0.680. The Morgan fingerprint density at radius 2 is 2.16 bits per heavy atom. The summed E-state index contributed by atoms with van der Waals surface area (Å²) in [5.74, 6) is 0.898. The molecule has 1 N–H and O–H groups in total. The topological polar surface area (TPSA) is 40.5 Å². The maximum Gasteiger partial charge on any atom is 0.257 e. The molecule has 1 saturated heterocycles. The van der Waals surface area contributed by atoms with Crippen molar-refractivity contribution < 1.29 is 9.90 Å². The molecule has 3 nitrogen and oxygen atoms in total. The van der Waals surface area contributed by atoms with E-state index >= 15 is 0 Å². The fourth-order valence-electron chi connectivity index (χ4n) is 2.08. The van der Waals surface area contributed by atoms with Crippen molar-refractivity contribution in [3.63, 3.8) is 0 Å². The van der Waals surface area contributed by atoms with Crippen LogP contribution in [0, 0.1) is 0 Å². The molecule has 2 rings (SSSR count). The van der Waals surface area contributed by atoms with Gasteiger partial charge in [-0.05, 0) is 24.6 Å². The second-order valence-corrected chi connectivity index (χ2v) is 8.03. The minimum Gasteiger partial charge on any atom is -0.507 e. The van der Waals surface area contributed by atoms with E-state index in [2.05, 4.69) is 29.8 Å². The molecule has 1 heterocycles. The largest absolute Gasteiger partial charge is 0.507 e. The van der Waals surface area contributed by atoms with Gasteiger partial charge in [0, 0.05) is 28.1 Å². The predicted octanol–water partition coefficient (Wildman–Crippen LogP) is 3.51. The Morgan fingerprint density at radius 3 is 2.84 bits per heavy atom. The summed E-state index contributed by atoms with van der Waals surface area (Å²) in [4.78, 5) is 14.3. The Morgan fingerprint density at radius 1 is 1.42 bits per heavy atom. The van der Waals surface area contributed by atoms with Gasteiger partial charge < -0.3 is 10.0 Å². The Balaban J connectivity index is 2.15. The van der Waals surface area contributed by atoms with Gasteiger partial charge in [0.2, 0.25) is 0 Å². The van der Waals surface area contributed by atoms with Crippen LogP contribution in [0.2, 0.25) is 0 Å². The van der Waals surface area contributed by atoms with Crippen LogP contribution in [0.3, 0.4) is 0 Å². The number of amides is 1. The Kier molecular flexibility index (Phi) is 4.46. The number of aromatic hydroxyl groups is 1. The lowest BCUT2D eigenvalue weighted by atomic mass is 10.1. The second-order valence-electron chi connectivity index (χ2n) is 5.31. The van der Waals surface area contributed by atoms with Crippen molar-refractivity contribution in [3.05, 3.63) is 28.2 Å². The zero-order valence-corrected chi connectivity index (χ0v) is 13.6. The minimum absolute atomic E-state index is 0.0375. The number of hydrogen-bond donors (Lipinski definition) is 1. The first-order valence-corrected chi connectivity index (χ1v) is 8.09. The van der Waals surface area contributed by atoms with Gasteiger partial charge in [0.25, 0.3) is 5.91 Å². The molecule has 0 spiro atoms. The van der Waals surface area contributed by atoms with E-state index in [-0.39, 0.29) is 16.4 Å². The predicted molar refractivity (Wildman–Crippen MR) is 82.9 cm³/mol. The molecule has 5 heteroatoms. The number of thioether (sulfide) groups is 1. The van der Waals surface area contributed by atoms with Gasteiger partial charge in [-0.25, -0.2) is 0 Å². The number of rotatable bonds is 1. The molecule has 1 aliphatic heterocycles. The first-order chi connectivity index (χ1) is 8.89. The van der Waals surface area contributed by atoms with Crippen molar-refractivity contribution in [2.24, 2.45) is 0 Å². The molecule has 0 saturated carbocycles. The maximum absolute atomic E-state index is 12.4. The molecular weight excluding hydrogens is 326 g/mol. The van der Waals surface area contributed by atoms with E-state index in [1.165, 1.54) is 0 Å². The van der Waals surface area contributed by atoms with Gasteiger partial charge in [0.1, 0.15) is 5.75 Å². The van der Waals surface area contributed by atoms with Crippen molar-refractivity contribution in [1.82, 2.24) is 4.90 Å². The summed E-state index contributed by atoms with van der Waals surface area (Å²) >= 11 is 5.18. The van der Waals surface area contributed by atoms with Gasteiger partial charge >= 0.3 is 0 Å². The molecular formula is C14H18BrNO2S. The Bertz CT molecular complexity index is 490. The minimum atomic E-state index is -0.0803. The molecule has 1 fully saturated rings. The summed E-state index contributed by atoms with van der Waals surface area (Å²) in [5.41, 5.74) is 0.382. The van der Waals surface area contributed by atoms with Crippen molar-refractivity contribution in [2.45, 2.75) is 25.0 Å². The SMILES string of the molecule is CC1(C)CCN(C(=O)c2ccc(Br)cc2O)CCS1. The average molecular weight is 344 g/mol. The zero-order valence-electron chi connectivity index (χ0n) is 11.1. The first kappa shape index (κ1) is 14.7. The van der Waals surface area contributed by atoms with Crippen LogP contribution in [0.5, 0.6) is 5.75 Å². The van der Waals surface area contributed by atoms with Gasteiger partial charge in [-0.2, -0.15) is 11.8 Å². The molecule has 0 aromatic heterocycles. The highest BCUT2D eigenvalue weighted by Crippen LogP contribution is 2.32. The maximum atomic E-state index is 12.4. The Labute approximate surface area is 126 Å². The highest BCUT2D eigenvalue weighted by molar-refractivity contribution is 9.10. The molecule has 1 aromatic carbocycles. The van der Waals surface area contributed by atoms with Crippen LogP contribution >= 0.6 is 27.7 Å². The third-order valence-corrected chi connectivity index (χ3v) is 5.18. The number of benzene rings is 1. The van der Waals surface area contributed by atoms with Crippen molar-refractivity contribution in [1.29, 1.82) is 0 Å². The van der Waals surface area contributed by atoms with Crippen LogP contribution in [0.15, 0.2) is 22.7 Å². The summed E-state index contributed by atoms with van der Waals surface area (Å²) < 4.78 is 0.991. The standard InChI is InChI=1S/C14H18BrNO2S/c1-14(2)5-6-16(7-8-19-14)13(18)11-4-3-10(15)9-12(11)17/h3-4,9,17H,5-8H2,1-2H3. The van der Waals surface area contributed by atoms with Crippen molar-refractivity contribution in [3.8, 4) is 5.75 Å². The molecule has 0 aliphatic carbocycles. The van der Waals surface area contributed by atoms with Crippen molar-refractivity contribution in [2.75, 3.05) is 18.8 Å². The fraction of sp³-hybridized carbons (Fsp3) is 0.500. The first-order valence-electron chi connectivity index (χ1n) is 6.31. The van der Waals surface area contributed by atoms with E-state index < -0.39 is 0 Å². The number of halogens is 1. The van der Waals surface area contributed by atoms with Gasteiger partial charge in [-0.15, -0.1) is 0 Å². The highest BCUT2D eigenvalue weighted by atomic mass is 79.9. The second kappa shape index (κ2) is 5.75. The molecule has 104 valence electrons. The smallest absolute Gasteiger partial charge is 0.257 e. The lowest BCUT2D eigenvalue weighted by molar-refractivity contribution is 0.0761. The average Bonchev–Trinajstić information content (AvgIpc) is 2.49. The summed E-state index contributed by atoms with van der Waals surface area (Å²) in [6, 6.07) is 5.01. The highest BCUT2D eigenvalue weighted by Gasteiger charge is 2.27. The third-order valence-electron chi connectivity index (χ3n) is 3.32. The number of phenolic OH excluding ortho intramolecular Hbond substituents is 1. The van der Waals surface area contributed by atoms with Crippen LogP contribution in [0.1, 0.15) is 30.6 Å². The van der Waals surface area contributed by atoms with Gasteiger partial charge in [0.15, 0.2) is 0 Å². The van der Waals surface area contributed by atoms with Crippen LogP contribution in [0.4, 0.5) is 0 Å². The molecule has 19 heavy (non-hydrogen) atoms. The molecule has 0 unspecified atom stereocenters. The quantitative estimate of drug-likeness (QED) is 0.848. The van der Waals surface area contributed by atoms with Crippen LogP contribution in [-0.2, 0) is 0 Å². The summed E-state index contributed by atoms with van der Waals surface area (Å²) in [5, 5.41) is 9.88. The summed E-state index contributed by atoms with van der Waals surface area (Å²) in [7, 11) is 0. The van der Waals surface area contributed by atoms with Crippen LogP contribution in [-0.4, -0.2) is 39.5 Å². The number of hydrogen-bond acceptors (Lipinski definition) is 3. The van der Waals surface area contributed by atoms with Gasteiger partial charge in [0.05, 0.1) is 5.56 Å². The lowest BCUT2D eigenvalue weighted by Crippen LogP contribution is -2.33. The van der Waals surface area contributed by atoms with E-state index in [1.54, 1.807) is 18.2 Å². The van der Waals surface area contributed by atoms with E-state index in [0.717, 1.165) is 29.7 Å².